The Balaban J connectivity index is 0.000000218. The van der Waals surface area contributed by atoms with Crippen LogP contribution in [0.2, 0.25) is 0 Å². The molecule has 0 aliphatic heterocycles. The molecule has 0 N–H and O–H groups in total. The summed E-state index contributed by atoms with van der Waals surface area (Å²) in [6.45, 7) is 6.31. The predicted octanol–water partition coefficient (Wildman–Crippen LogP) is 13.1. The summed E-state index contributed by atoms with van der Waals surface area (Å²) in [5.74, 6) is 0. The summed E-state index contributed by atoms with van der Waals surface area (Å²) in [5.41, 5.74) is 15.4. The van der Waals surface area contributed by atoms with Gasteiger partial charge in [0.25, 0.3) is 0 Å². The van der Waals surface area contributed by atoms with E-state index in [1.54, 1.807) is 0 Å². The van der Waals surface area contributed by atoms with Crippen LogP contribution in [0, 0.1) is 39.0 Å². The van der Waals surface area contributed by atoms with E-state index in [2.05, 4.69) is 153 Å². The molecule has 0 saturated heterocycles. The molecule has 3 aromatic heterocycles. The topological polar surface area (TPSA) is 31.0 Å². The fourth-order valence-corrected chi connectivity index (χ4v) is 7.26. The Morgan fingerprint density at radius 1 is 0.556 bits per heavy atom. The summed E-state index contributed by atoms with van der Waals surface area (Å²) in [4.78, 5) is 4.70. The molecule has 0 radical (unpaired) electrons. The van der Waals surface area contributed by atoms with E-state index in [-0.39, 0.29) is 20.1 Å². The van der Waals surface area contributed by atoms with Crippen molar-refractivity contribution >= 4 is 43.7 Å². The van der Waals surface area contributed by atoms with Gasteiger partial charge in [0.15, 0.2) is 0 Å². The number of benzene rings is 7. The van der Waals surface area contributed by atoms with Crippen molar-refractivity contribution in [3.05, 3.63) is 193 Å². The number of fused-ring (bicyclic) bond motifs is 6. The van der Waals surface area contributed by atoms with Crippen molar-refractivity contribution in [2.75, 3.05) is 0 Å². The Morgan fingerprint density at radius 3 is 2.09 bits per heavy atom. The van der Waals surface area contributed by atoms with Gasteiger partial charge >= 0.3 is 20.1 Å². The first kappa shape index (κ1) is 35.0. The van der Waals surface area contributed by atoms with Crippen LogP contribution in [-0.4, -0.2) is 9.55 Å². The molecular formula is C50H35IrN2O. The molecule has 0 amide bonds. The van der Waals surface area contributed by atoms with Crippen LogP contribution in [0.25, 0.3) is 82.9 Å². The minimum Gasteiger partial charge on any atom is -0.456 e. The molecule has 0 aliphatic carbocycles. The number of hydrogen-bond acceptors (Lipinski definition) is 2. The number of hydrogen-bond donors (Lipinski definition) is 0. The molecule has 0 saturated carbocycles. The molecule has 4 heteroatoms. The average Bonchev–Trinajstić information content (AvgIpc) is 3.75. The molecule has 10 aromatic rings. The van der Waals surface area contributed by atoms with E-state index >= 15 is 0 Å². The number of aryl methyl sites for hydroxylation is 3. The third kappa shape index (κ3) is 6.34. The van der Waals surface area contributed by atoms with Crippen molar-refractivity contribution in [1.82, 2.24) is 9.55 Å². The molecule has 0 bridgehead atoms. The zero-order valence-corrected chi connectivity index (χ0v) is 32.5. The third-order valence-electron chi connectivity index (χ3n) is 10.0. The van der Waals surface area contributed by atoms with Gasteiger partial charge < -0.3 is 14.0 Å². The maximum Gasteiger partial charge on any atom is 3.00 e. The fraction of sp³-hybridized carbons (Fsp3) is 0.0600. The molecule has 3 nitrogen and oxygen atoms in total. The van der Waals surface area contributed by atoms with Crippen LogP contribution < -0.4 is 0 Å². The second kappa shape index (κ2) is 14.8. The van der Waals surface area contributed by atoms with Gasteiger partial charge in [0.1, 0.15) is 11.2 Å². The number of nitrogens with zero attached hydrogens (tertiary/aromatic N) is 2. The molecule has 0 unspecified atom stereocenters. The van der Waals surface area contributed by atoms with Crippen molar-refractivity contribution in [2.24, 2.45) is 0 Å². The van der Waals surface area contributed by atoms with E-state index in [9.17, 15) is 0 Å². The molecule has 54 heavy (non-hydrogen) atoms. The van der Waals surface area contributed by atoms with Gasteiger partial charge in [-0.15, -0.1) is 52.6 Å². The van der Waals surface area contributed by atoms with E-state index < -0.39 is 0 Å². The summed E-state index contributed by atoms with van der Waals surface area (Å²) < 4.78 is 8.83. The van der Waals surface area contributed by atoms with Gasteiger partial charge in [0, 0.05) is 45.1 Å². The SMILES string of the molecule is Cc1c[c-]c(-c2[c-]cc(C)c(C)c2)cc1.[Ir+3].[c-]1ccccc1-c1cc(-c2c3c(cc4c2c2ccccc2n4-c2ccccc2)oc2ccccc23)ccn1. The van der Waals surface area contributed by atoms with E-state index in [1.807, 2.05) is 48.7 Å². The van der Waals surface area contributed by atoms with E-state index in [0.717, 1.165) is 72.2 Å². The van der Waals surface area contributed by atoms with Crippen LogP contribution in [0.3, 0.4) is 0 Å². The van der Waals surface area contributed by atoms with Crippen LogP contribution in [0.1, 0.15) is 16.7 Å². The minimum atomic E-state index is 0. The first-order valence-electron chi connectivity index (χ1n) is 17.9. The minimum absolute atomic E-state index is 0. The summed E-state index contributed by atoms with van der Waals surface area (Å²) >= 11 is 0. The largest absolute Gasteiger partial charge is 3.00 e. The standard InChI is InChI=1S/C35H21N2O.C15H14.Ir/c1-3-11-23(12-4-1)28-21-24(19-20-36-28)33-34-26-15-7-9-17-29(26)37(25-13-5-2-6-14-25)30(34)22-32-35(33)27-16-8-10-18-31(27)38-32;1-11-4-7-14(8-5-11)15-9-6-12(2)13(3)10-15;/h1-11,13-22H;4-7,10H,1-3H3;/q-1;-2;+3. The first-order chi connectivity index (χ1) is 26.0. The average molecular weight is 872 g/mol. The van der Waals surface area contributed by atoms with Gasteiger partial charge in [0.2, 0.25) is 0 Å². The summed E-state index contributed by atoms with van der Waals surface area (Å²) in [6, 6.07) is 62.3. The van der Waals surface area contributed by atoms with Crippen LogP contribution in [0.15, 0.2) is 162 Å². The normalized spacial score (nSPS) is 11.1. The quantitative estimate of drug-likeness (QED) is 0.165. The maximum atomic E-state index is 6.49. The van der Waals surface area contributed by atoms with E-state index in [0.29, 0.717) is 0 Å². The van der Waals surface area contributed by atoms with Crippen LogP contribution in [-0.2, 0) is 20.1 Å². The Bertz CT molecular complexity index is 2910. The van der Waals surface area contributed by atoms with E-state index in [4.69, 9.17) is 9.40 Å². The Labute approximate surface area is 328 Å². The molecule has 260 valence electrons. The maximum absolute atomic E-state index is 6.49. The smallest absolute Gasteiger partial charge is 0.456 e. The molecule has 3 heterocycles. The second-order valence-electron chi connectivity index (χ2n) is 13.5. The predicted molar refractivity (Wildman–Crippen MR) is 219 cm³/mol. The zero-order chi connectivity index (χ0) is 35.9. The molecule has 0 spiro atoms. The monoisotopic (exact) mass is 872 g/mol. The van der Waals surface area contributed by atoms with Crippen molar-refractivity contribution in [3.63, 3.8) is 0 Å². The molecule has 0 atom stereocenters. The van der Waals surface area contributed by atoms with Gasteiger partial charge in [-0.2, -0.15) is 42.5 Å². The Kier molecular flexibility index (Phi) is 9.56. The molecule has 7 aromatic carbocycles. The molecular weight excluding hydrogens is 837 g/mol. The number of para-hydroxylation sites is 3. The van der Waals surface area contributed by atoms with Crippen molar-refractivity contribution < 1.29 is 24.5 Å². The third-order valence-corrected chi connectivity index (χ3v) is 10.0. The zero-order valence-electron chi connectivity index (χ0n) is 30.1. The number of pyridine rings is 1. The summed E-state index contributed by atoms with van der Waals surface area (Å²) in [5, 5.41) is 4.65. The van der Waals surface area contributed by atoms with E-state index in [1.165, 1.54) is 27.5 Å². The van der Waals surface area contributed by atoms with Gasteiger partial charge in [-0.25, -0.2) is 11.1 Å². The Morgan fingerprint density at radius 2 is 1.31 bits per heavy atom. The van der Waals surface area contributed by atoms with Crippen molar-refractivity contribution in [2.45, 2.75) is 20.8 Å². The molecule has 0 aliphatic rings. The second-order valence-corrected chi connectivity index (χ2v) is 13.5. The van der Waals surface area contributed by atoms with Crippen molar-refractivity contribution in [1.29, 1.82) is 0 Å². The van der Waals surface area contributed by atoms with Gasteiger partial charge in [-0.1, -0.05) is 81.4 Å². The van der Waals surface area contributed by atoms with Gasteiger partial charge in [-0.05, 0) is 41.6 Å². The number of aromatic nitrogens is 2. The summed E-state index contributed by atoms with van der Waals surface area (Å²) in [7, 11) is 0. The molecule has 10 rings (SSSR count). The molecule has 0 fully saturated rings. The van der Waals surface area contributed by atoms with Crippen LogP contribution in [0.5, 0.6) is 0 Å². The number of rotatable bonds is 4. The van der Waals surface area contributed by atoms with Gasteiger partial charge in [-0.3, -0.25) is 0 Å². The van der Waals surface area contributed by atoms with Gasteiger partial charge in [0.05, 0.1) is 11.0 Å². The number of furan rings is 1. The van der Waals surface area contributed by atoms with Crippen LogP contribution >= 0.6 is 0 Å². The van der Waals surface area contributed by atoms with Crippen molar-refractivity contribution in [3.8, 4) is 39.2 Å². The Hall–Kier alpha value is -6.06. The summed E-state index contributed by atoms with van der Waals surface area (Å²) in [6.07, 6.45) is 1.90. The first-order valence-corrected chi connectivity index (χ1v) is 17.9. The fourth-order valence-electron chi connectivity index (χ4n) is 7.26. The van der Waals surface area contributed by atoms with Crippen LogP contribution in [0.4, 0.5) is 0 Å².